The van der Waals surface area contributed by atoms with Crippen molar-refractivity contribution in [3.8, 4) is 0 Å². The fourth-order valence-corrected chi connectivity index (χ4v) is 1.90. The summed E-state index contributed by atoms with van der Waals surface area (Å²) in [5.74, 6) is -0.665. The predicted octanol–water partition coefficient (Wildman–Crippen LogP) is 1.38. The number of furan rings is 1. The molecule has 1 heterocycles. The average molecular weight is 330 g/mol. The molecule has 0 unspecified atom stereocenters. The van der Waals surface area contributed by atoms with Crippen LogP contribution in [0.25, 0.3) is 0 Å². The van der Waals surface area contributed by atoms with Crippen molar-refractivity contribution < 1.29 is 18.9 Å². The highest BCUT2D eigenvalue weighted by Crippen LogP contribution is 2.20. The number of benzene rings is 1. The van der Waals surface area contributed by atoms with E-state index in [9.17, 15) is 19.7 Å². The molecule has 2 amide bonds. The van der Waals surface area contributed by atoms with Crippen molar-refractivity contribution in [1.82, 2.24) is 10.7 Å². The van der Waals surface area contributed by atoms with E-state index in [1.165, 1.54) is 37.6 Å². The zero-order valence-corrected chi connectivity index (χ0v) is 12.7. The van der Waals surface area contributed by atoms with Crippen LogP contribution in [-0.2, 0) is 4.79 Å². The van der Waals surface area contributed by atoms with Crippen LogP contribution in [0, 0.1) is 17.0 Å². The SMILES string of the molecule is Cc1c(C(=O)NCC(=O)N/N=C/c2ccco2)cccc1[N+](=O)[O-]. The third-order valence-electron chi connectivity index (χ3n) is 3.08. The van der Waals surface area contributed by atoms with Gasteiger partial charge >= 0.3 is 0 Å². The molecule has 9 heteroatoms. The Balaban J connectivity index is 1.90. The summed E-state index contributed by atoms with van der Waals surface area (Å²) in [6.45, 7) is 1.15. The number of amides is 2. The molecule has 1 aromatic heterocycles. The second kappa shape index (κ2) is 7.68. The highest BCUT2D eigenvalue weighted by atomic mass is 16.6. The fourth-order valence-electron chi connectivity index (χ4n) is 1.90. The summed E-state index contributed by atoms with van der Waals surface area (Å²) in [5.41, 5.74) is 2.43. The minimum absolute atomic E-state index is 0.135. The smallest absolute Gasteiger partial charge is 0.273 e. The molecule has 0 aliphatic rings. The summed E-state index contributed by atoms with van der Waals surface area (Å²) >= 11 is 0. The van der Waals surface area contributed by atoms with Crippen molar-refractivity contribution >= 4 is 23.7 Å². The first-order valence-electron chi connectivity index (χ1n) is 6.86. The van der Waals surface area contributed by atoms with Gasteiger partial charge in [-0.15, -0.1) is 0 Å². The lowest BCUT2D eigenvalue weighted by Crippen LogP contribution is -2.35. The summed E-state index contributed by atoms with van der Waals surface area (Å²) in [6.07, 6.45) is 2.77. The Morgan fingerprint density at radius 1 is 1.33 bits per heavy atom. The Kier molecular flexibility index (Phi) is 5.40. The number of carbonyl (C=O) groups excluding carboxylic acids is 2. The largest absolute Gasteiger partial charge is 0.463 e. The molecule has 0 radical (unpaired) electrons. The van der Waals surface area contributed by atoms with Crippen molar-refractivity contribution in [2.75, 3.05) is 6.54 Å². The maximum absolute atomic E-state index is 12.0. The van der Waals surface area contributed by atoms with Crippen LogP contribution in [-0.4, -0.2) is 29.5 Å². The summed E-state index contributed by atoms with van der Waals surface area (Å²) in [6, 6.07) is 7.49. The van der Waals surface area contributed by atoms with E-state index in [0.717, 1.165) is 0 Å². The molecule has 1 aromatic carbocycles. The molecular weight excluding hydrogens is 316 g/mol. The van der Waals surface area contributed by atoms with Crippen LogP contribution in [0.5, 0.6) is 0 Å². The molecule has 0 saturated carbocycles. The van der Waals surface area contributed by atoms with E-state index in [1.807, 2.05) is 0 Å². The maximum atomic E-state index is 12.0. The Bertz CT molecular complexity index is 783. The first-order valence-corrected chi connectivity index (χ1v) is 6.86. The highest BCUT2D eigenvalue weighted by molar-refractivity contribution is 5.98. The molecular formula is C15H14N4O5. The molecule has 2 rings (SSSR count). The molecule has 2 N–H and O–H groups in total. The van der Waals surface area contributed by atoms with Crippen LogP contribution in [0.4, 0.5) is 5.69 Å². The minimum Gasteiger partial charge on any atom is -0.463 e. The highest BCUT2D eigenvalue weighted by Gasteiger charge is 2.18. The molecule has 24 heavy (non-hydrogen) atoms. The number of carbonyl (C=O) groups is 2. The number of nitro groups is 1. The number of hydrogen-bond donors (Lipinski definition) is 2. The van der Waals surface area contributed by atoms with E-state index in [1.54, 1.807) is 12.1 Å². The molecule has 0 aliphatic carbocycles. The Morgan fingerprint density at radius 2 is 2.12 bits per heavy atom. The van der Waals surface area contributed by atoms with Gasteiger partial charge in [-0.2, -0.15) is 5.10 Å². The van der Waals surface area contributed by atoms with E-state index >= 15 is 0 Å². The normalized spacial score (nSPS) is 10.5. The number of hydrogen-bond acceptors (Lipinski definition) is 6. The van der Waals surface area contributed by atoms with Gasteiger partial charge in [0.2, 0.25) is 0 Å². The molecule has 0 saturated heterocycles. The van der Waals surface area contributed by atoms with Gasteiger partial charge in [0.05, 0.1) is 23.9 Å². The summed E-state index contributed by atoms with van der Waals surface area (Å²) in [4.78, 5) is 33.9. The van der Waals surface area contributed by atoms with E-state index in [4.69, 9.17) is 4.42 Å². The van der Waals surface area contributed by atoms with Gasteiger partial charge in [0.1, 0.15) is 5.76 Å². The van der Waals surface area contributed by atoms with E-state index in [0.29, 0.717) is 5.76 Å². The van der Waals surface area contributed by atoms with Gasteiger partial charge in [0, 0.05) is 17.2 Å². The standard InChI is InChI=1S/C15H14N4O5/c1-10-12(5-2-6-13(10)19(22)23)15(21)16-9-14(20)18-17-8-11-4-3-7-24-11/h2-8H,9H2,1H3,(H,16,21)(H,18,20)/b17-8+. The van der Waals surface area contributed by atoms with E-state index < -0.39 is 16.7 Å². The predicted molar refractivity (Wildman–Crippen MR) is 84.6 cm³/mol. The molecule has 0 spiro atoms. The molecule has 9 nitrogen and oxygen atoms in total. The topological polar surface area (TPSA) is 127 Å². The second-order valence-corrected chi connectivity index (χ2v) is 4.70. The van der Waals surface area contributed by atoms with Crippen molar-refractivity contribution in [2.24, 2.45) is 5.10 Å². The molecule has 0 aliphatic heterocycles. The monoisotopic (exact) mass is 330 g/mol. The molecule has 124 valence electrons. The number of rotatable bonds is 6. The van der Waals surface area contributed by atoms with Crippen molar-refractivity contribution in [1.29, 1.82) is 0 Å². The van der Waals surface area contributed by atoms with Gasteiger partial charge in [-0.25, -0.2) is 5.43 Å². The van der Waals surface area contributed by atoms with Crippen molar-refractivity contribution in [2.45, 2.75) is 6.92 Å². The minimum atomic E-state index is -0.582. The first-order chi connectivity index (χ1) is 11.5. The number of nitrogens with one attached hydrogen (secondary N) is 2. The van der Waals surface area contributed by atoms with Crippen LogP contribution in [0.15, 0.2) is 46.1 Å². The lowest BCUT2D eigenvalue weighted by atomic mass is 10.1. The molecule has 0 atom stereocenters. The zero-order valence-electron chi connectivity index (χ0n) is 12.7. The Morgan fingerprint density at radius 3 is 2.79 bits per heavy atom. The second-order valence-electron chi connectivity index (χ2n) is 4.70. The third-order valence-corrected chi connectivity index (χ3v) is 3.08. The molecule has 0 bridgehead atoms. The maximum Gasteiger partial charge on any atom is 0.273 e. The van der Waals surface area contributed by atoms with Crippen molar-refractivity contribution in [3.63, 3.8) is 0 Å². The lowest BCUT2D eigenvalue weighted by Gasteiger charge is -2.07. The summed E-state index contributed by atoms with van der Waals surface area (Å²) in [5, 5.41) is 16.9. The zero-order chi connectivity index (χ0) is 17.5. The van der Waals surface area contributed by atoms with Gasteiger partial charge in [-0.3, -0.25) is 19.7 Å². The number of hydrazone groups is 1. The third kappa shape index (κ3) is 4.26. The lowest BCUT2D eigenvalue weighted by molar-refractivity contribution is -0.385. The number of nitro benzene ring substituents is 1. The van der Waals surface area contributed by atoms with E-state index in [2.05, 4.69) is 15.8 Å². The molecule has 2 aromatic rings. The average Bonchev–Trinajstić information content (AvgIpc) is 3.06. The first kappa shape index (κ1) is 16.9. The van der Waals surface area contributed by atoms with Crippen LogP contribution < -0.4 is 10.7 Å². The van der Waals surface area contributed by atoms with Crippen LogP contribution in [0.2, 0.25) is 0 Å². The van der Waals surface area contributed by atoms with Crippen LogP contribution in [0.3, 0.4) is 0 Å². The number of nitrogens with zero attached hydrogens (tertiary/aromatic N) is 2. The van der Waals surface area contributed by atoms with Gasteiger partial charge in [0.25, 0.3) is 17.5 Å². The molecule has 0 fully saturated rings. The summed E-state index contributed by atoms with van der Waals surface area (Å²) < 4.78 is 4.99. The van der Waals surface area contributed by atoms with Gasteiger partial charge < -0.3 is 9.73 Å². The Labute approximate surface area is 136 Å². The van der Waals surface area contributed by atoms with Crippen LogP contribution in [0.1, 0.15) is 21.7 Å². The Hall–Kier alpha value is -3.49. The fraction of sp³-hybridized carbons (Fsp3) is 0.133. The van der Waals surface area contributed by atoms with E-state index in [-0.39, 0.29) is 23.4 Å². The van der Waals surface area contributed by atoms with Gasteiger partial charge in [-0.1, -0.05) is 6.07 Å². The quantitative estimate of drug-likeness (QED) is 0.470. The van der Waals surface area contributed by atoms with Gasteiger partial charge in [-0.05, 0) is 25.1 Å². The van der Waals surface area contributed by atoms with Crippen LogP contribution >= 0.6 is 0 Å². The van der Waals surface area contributed by atoms with Gasteiger partial charge in [0.15, 0.2) is 0 Å². The van der Waals surface area contributed by atoms with Crippen molar-refractivity contribution in [3.05, 3.63) is 63.6 Å². The summed E-state index contributed by atoms with van der Waals surface area (Å²) in [7, 11) is 0.